The predicted octanol–water partition coefficient (Wildman–Crippen LogP) is 6.28. The van der Waals surface area contributed by atoms with Gasteiger partial charge in [-0.15, -0.1) is 11.6 Å². The van der Waals surface area contributed by atoms with Crippen molar-refractivity contribution in [2.75, 3.05) is 0 Å². The van der Waals surface area contributed by atoms with E-state index >= 15 is 0 Å². The van der Waals surface area contributed by atoms with Crippen LogP contribution in [0.15, 0.2) is 46.9 Å². The van der Waals surface area contributed by atoms with Crippen LogP contribution >= 0.6 is 50.7 Å². The maximum atomic E-state index is 6.42. The zero-order chi connectivity index (χ0) is 13.1. The van der Waals surface area contributed by atoms with Gasteiger partial charge in [-0.1, -0.05) is 47.5 Å². The van der Waals surface area contributed by atoms with Gasteiger partial charge in [0.2, 0.25) is 0 Å². The highest BCUT2D eigenvalue weighted by molar-refractivity contribution is 9.10. The van der Waals surface area contributed by atoms with Crippen molar-refractivity contribution in [1.29, 1.82) is 0 Å². The van der Waals surface area contributed by atoms with Gasteiger partial charge in [0.1, 0.15) is 0 Å². The summed E-state index contributed by atoms with van der Waals surface area (Å²) in [7, 11) is 0. The number of benzene rings is 2. The lowest BCUT2D eigenvalue weighted by Gasteiger charge is -2.13. The molecule has 1 unspecified atom stereocenters. The van der Waals surface area contributed by atoms with Gasteiger partial charge < -0.3 is 0 Å². The maximum Gasteiger partial charge on any atom is 0.0640 e. The molecule has 2 aromatic carbocycles. The van der Waals surface area contributed by atoms with Gasteiger partial charge in [-0.2, -0.15) is 0 Å². The zero-order valence-electron chi connectivity index (χ0n) is 9.34. The monoisotopic (exact) mass is 362 g/mol. The number of rotatable bonds is 3. The van der Waals surface area contributed by atoms with Crippen LogP contribution in [0.1, 0.15) is 16.5 Å². The molecular formula is C14H10BrCl3. The van der Waals surface area contributed by atoms with E-state index in [2.05, 4.69) is 15.9 Å². The Morgan fingerprint density at radius 3 is 2.50 bits per heavy atom. The van der Waals surface area contributed by atoms with Gasteiger partial charge in [0.15, 0.2) is 0 Å². The minimum absolute atomic E-state index is 0.173. The molecule has 18 heavy (non-hydrogen) atoms. The van der Waals surface area contributed by atoms with Crippen molar-refractivity contribution in [3.05, 3.63) is 68.1 Å². The van der Waals surface area contributed by atoms with Crippen molar-refractivity contribution in [3.8, 4) is 0 Å². The summed E-state index contributed by atoms with van der Waals surface area (Å²) in [5.41, 5.74) is 2.02. The normalized spacial score (nSPS) is 12.4. The molecular weight excluding hydrogens is 354 g/mol. The van der Waals surface area contributed by atoms with Crippen LogP contribution in [-0.2, 0) is 6.42 Å². The van der Waals surface area contributed by atoms with Crippen molar-refractivity contribution >= 4 is 50.7 Å². The largest absolute Gasteiger partial charge is 0.117 e. The number of hydrogen-bond donors (Lipinski definition) is 0. The lowest BCUT2D eigenvalue weighted by molar-refractivity contribution is 0.919. The van der Waals surface area contributed by atoms with E-state index in [1.54, 1.807) is 0 Å². The molecule has 0 nitrogen and oxygen atoms in total. The summed E-state index contributed by atoms with van der Waals surface area (Å²) in [5.74, 6) is 0. The SMILES string of the molecule is Clc1cccc(CC(Cl)c2cccc(Br)c2Cl)c1. The molecule has 94 valence electrons. The van der Waals surface area contributed by atoms with Crippen molar-refractivity contribution in [2.24, 2.45) is 0 Å². The molecule has 0 fully saturated rings. The Morgan fingerprint density at radius 1 is 1.06 bits per heavy atom. The van der Waals surface area contributed by atoms with Crippen LogP contribution in [0.4, 0.5) is 0 Å². The summed E-state index contributed by atoms with van der Waals surface area (Å²) in [4.78, 5) is 0. The van der Waals surface area contributed by atoms with Gasteiger partial charge in [0.05, 0.1) is 10.4 Å². The van der Waals surface area contributed by atoms with Crippen molar-refractivity contribution in [1.82, 2.24) is 0 Å². The Kier molecular flexibility index (Phi) is 4.97. The second-order valence-electron chi connectivity index (χ2n) is 3.94. The Labute approximate surface area is 130 Å². The molecule has 0 aliphatic rings. The summed E-state index contributed by atoms with van der Waals surface area (Å²) < 4.78 is 0.860. The second kappa shape index (κ2) is 6.29. The van der Waals surface area contributed by atoms with Gasteiger partial charge in [0, 0.05) is 9.50 Å². The van der Waals surface area contributed by atoms with E-state index in [0.29, 0.717) is 11.4 Å². The topological polar surface area (TPSA) is 0 Å². The van der Waals surface area contributed by atoms with Crippen molar-refractivity contribution in [2.45, 2.75) is 11.8 Å². The van der Waals surface area contributed by atoms with Crippen molar-refractivity contribution < 1.29 is 0 Å². The molecule has 0 aliphatic heterocycles. The minimum atomic E-state index is -0.173. The van der Waals surface area contributed by atoms with E-state index in [4.69, 9.17) is 34.8 Å². The first-order chi connectivity index (χ1) is 8.58. The molecule has 1 atom stereocenters. The molecule has 4 heteroatoms. The molecule has 0 saturated carbocycles. The van der Waals surface area contributed by atoms with Gasteiger partial charge >= 0.3 is 0 Å². The van der Waals surface area contributed by atoms with Crippen molar-refractivity contribution in [3.63, 3.8) is 0 Å². The number of halogens is 4. The minimum Gasteiger partial charge on any atom is -0.117 e. The summed E-state index contributed by atoms with van der Waals surface area (Å²) in [5, 5.41) is 1.21. The Balaban J connectivity index is 2.22. The van der Waals surface area contributed by atoms with Crippen LogP contribution in [0.2, 0.25) is 10.0 Å². The Bertz CT molecular complexity index is 554. The highest BCUT2D eigenvalue weighted by Crippen LogP contribution is 2.35. The number of alkyl halides is 1. The fraction of sp³-hybridized carbons (Fsp3) is 0.143. The molecule has 0 amide bonds. The average molecular weight is 364 g/mol. The first-order valence-corrected chi connectivity index (χ1v) is 7.39. The van der Waals surface area contributed by atoms with Gasteiger partial charge in [-0.25, -0.2) is 0 Å². The third-order valence-electron chi connectivity index (χ3n) is 2.62. The molecule has 0 aliphatic carbocycles. The Hall–Kier alpha value is -0.210. The Morgan fingerprint density at radius 2 is 1.78 bits per heavy atom. The van der Waals surface area contributed by atoms with Crippen LogP contribution < -0.4 is 0 Å². The zero-order valence-corrected chi connectivity index (χ0v) is 13.2. The van der Waals surface area contributed by atoms with Gasteiger partial charge in [0.25, 0.3) is 0 Å². The first-order valence-electron chi connectivity index (χ1n) is 5.40. The molecule has 0 saturated heterocycles. The lowest BCUT2D eigenvalue weighted by atomic mass is 10.0. The molecule has 0 N–H and O–H groups in total. The smallest absolute Gasteiger partial charge is 0.0640 e. The third kappa shape index (κ3) is 3.42. The molecule has 0 heterocycles. The highest BCUT2D eigenvalue weighted by atomic mass is 79.9. The maximum absolute atomic E-state index is 6.42. The molecule has 2 aromatic rings. The van der Waals surface area contributed by atoms with Crippen LogP contribution in [0.5, 0.6) is 0 Å². The summed E-state index contributed by atoms with van der Waals surface area (Å²) >= 11 is 22.0. The lowest BCUT2D eigenvalue weighted by Crippen LogP contribution is -1.97. The van der Waals surface area contributed by atoms with E-state index < -0.39 is 0 Å². The number of hydrogen-bond acceptors (Lipinski definition) is 0. The quantitative estimate of drug-likeness (QED) is 0.562. The first kappa shape index (κ1) is 14.2. The molecule has 0 aromatic heterocycles. The summed E-state index contributed by atoms with van der Waals surface area (Å²) in [6.45, 7) is 0. The standard InChI is InChI=1S/C14H10BrCl3/c15-12-6-2-5-11(14(12)18)13(17)8-9-3-1-4-10(16)7-9/h1-7,13H,8H2. The molecule has 0 radical (unpaired) electrons. The fourth-order valence-corrected chi connectivity index (χ4v) is 3.01. The second-order valence-corrected chi connectivity index (χ2v) is 6.14. The van der Waals surface area contributed by atoms with E-state index in [0.717, 1.165) is 20.6 Å². The van der Waals surface area contributed by atoms with Crippen LogP contribution in [0, 0.1) is 0 Å². The summed E-state index contributed by atoms with van der Waals surface area (Å²) in [6.07, 6.45) is 0.693. The highest BCUT2D eigenvalue weighted by Gasteiger charge is 2.14. The predicted molar refractivity (Wildman–Crippen MR) is 82.9 cm³/mol. The van der Waals surface area contributed by atoms with Gasteiger partial charge in [-0.05, 0) is 51.7 Å². The fourth-order valence-electron chi connectivity index (χ4n) is 1.74. The van der Waals surface area contributed by atoms with E-state index in [-0.39, 0.29) is 5.38 Å². The van der Waals surface area contributed by atoms with Gasteiger partial charge in [-0.3, -0.25) is 0 Å². The van der Waals surface area contributed by atoms with Crippen LogP contribution in [0.25, 0.3) is 0 Å². The van der Waals surface area contributed by atoms with E-state index in [1.807, 2.05) is 42.5 Å². The van der Waals surface area contributed by atoms with E-state index in [9.17, 15) is 0 Å². The molecule has 0 bridgehead atoms. The average Bonchev–Trinajstić information content (AvgIpc) is 2.32. The molecule has 0 spiro atoms. The van der Waals surface area contributed by atoms with Crippen LogP contribution in [-0.4, -0.2) is 0 Å². The van der Waals surface area contributed by atoms with Crippen LogP contribution in [0.3, 0.4) is 0 Å². The molecule has 2 rings (SSSR count). The van der Waals surface area contributed by atoms with E-state index in [1.165, 1.54) is 0 Å². The summed E-state index contributed by atoms with van der Waals surface area (Å²) in [6, 6.07) is 13.5. The third-order valence-corrected chi connectivity index (χ3v) is 4.56.